The second kappa shape index (κ2) is 7.05. The van der Waals surface area contributed by atoms with E-state index in [1.54, 1.807) is 0 Å². The second-order valence-electron chi connectivity index (χ2n) is 5.68. The lowest BCUT2D eigenvalue weighted by atomic mass is 10.2. The van der Waals surface area contributed by atoms with Gasteiger partial charge in [-0.3, -0.25) is 4.79 Å². The van der Waals surface area contributed by atoms with Crippen molar-refractivity contribution in [3.63, 3.8) is 0 Å². The lowest BCUT2D eigenvalue weighted by Crippen LogP contribution is -2.19. The van der Waals surface area contributed by atoms with E-state index in [1.165, 1.54) is 15.9 Å². The maximum Gasteiger partial charge on any atom is 0.302 e. The summed E-state index contributed by atoms with van der Waals surface area (Å²) in [4.78, 5) is 13.2. The monoisotopic (exact) mass is 364 g/mol. The summed E-state index contributed by atoms with van der Waals surface area (Å²) in [5, 5.41) is 13.4. The van der Waals surface area contributed by atoms with E-state index in [4.69, 9.17) is 4.74 Å². The third kappa shape index (κ3) is 3.09. The van der Waals surface area contributed by atoms with Gasteiger partial charge in [0.05, 0.1) is 0 Å². The average molecular weight is 364 g/mol. The molecule has 0 radical (unpaired) electrons. The molecule has 4 aromatic rings. The van der Waals surface area contributed by atoms with Crippen molar-refractivity contribution in [1.29, 1.82) is 0 Å². The normalized spacial score (nSPS) is 12.2. The van der Waals surface area contributed by atoms with Crippen LogP contribution in [0.5, 0.6) is 5.75 Å². The first kappa shape index (κ1) is 16.4. The number of benzene rings is 2. The molecule has 0 bridgehead atoms. The molecule has 2 aromatic heterocycles. The van der Waals surface area contributed by atoms with Gasteiger partial charge in [0.1, 0.15) is 5.75 Å². The zero-order chi connectivity index (χ0) is 17.9. The van der Waals surface area contributed by atoms with Crippen LogP contribution in [0.2, 0.25) is 0 Å². The molecule has 0 N–H and O–H groups in total. The Morgan fingerprint density at radius 1 is 1.04 bits per heavy atom. The van der Waals surface area contributed by atoms with Crippen LogP contribution in [0.25, 0.3) is 16.2 Å². The van der Waals surface area contributed by atoms with Crippen LogP contribution < -0.4 is 10.3 Å². The number of fused-ring (bicyclic) bond motifs is 1. The van der Waals surface area contributed by atoms with Gasteiger partial charge in [-0.15, -0.1) is 10.2 Å². The third-order valence-corrected chi connectivity index (χ3v) is 4.91. The van der Waals surface area contributed by atoms with Crippen molar-refractivity contribution in [2.45, 2.75) is 19.4 Å². The largest absolute Gasteiger partial charge is 0.483 e. The minimum Gasteiger partial charge on any atom is -0.483 e. The molecular formula is C19H16N4O2S. The summed E-state index contributed by atoms with van der Waals surface area (Å²) in [6.07, 6.45) is 0.478. The van der Waals surface area contributed by atoms with Gasteiger partial charge in [-0.2, -0.15) is 9.61 Å². The van der Waals surface area contributed by atoms with Crippen molar-refractivity contribution in [2.24, 2.45) is 0 Å². The van der Waals surface area contributed by atoms with E-state index in [0.29, 0.717) is 9.97 Å². The van der Waals surface area contributed by atoms with Gasteiger partial charge in [-0.25, -0.2) is 0 Å². The predicted octanol–water partition coefficient (Wildman–Crippen LogP) is 3.74. The molecule has 0 saturated carbocycles. The van der Waals surface area contributed by atoms with Crippen LogP contribution in [0, 0.1) is 0 Å². The first-order valence-electron chi connectivity index (χ1n) is 8.30. The standard InChI is InChI=1S/C19H16N4O2S/c1-2-15(25-14-11-7-4-8-12-14)17-22-23-18(24)16(20-21-19(23)26-17)13-9-5-3-6-10-13/h3-12,15H,2H2,1H3/t15-/m1/s1. The number of para-hydroxylation sites is 1. The topological polar surface area (TPSA) is 69.4 Å². The fourth-order valence-electron chi connectivity index (χ4n) is 2.61. The highest BCUT2D eigenvalue weighted by molar-refractivity contribution is 7.16. The molecule has 1 atom stereocenters. The van der Waals surface area contributed by atoms with Gasteiger partial charge >= 0.3 is 5.56 Å². The lowest BCUT2D eigenvalue weighted by molar-refractivity contribution is 0.199. The third-order valence-electron chi connectivity index (χ3n) is 3.92. The summed E-state index contributed by atoms with van der Waals surface area (Å²) in [5.74, 6) is 0.766. The maximum atomic E-state index is 12.8. The van der Waals surface area contributed by atoms with Crippen LogP contribution in [0.15, 0.2) is 65.5 Å². The number of hydrogen-bond acceptors (Lipinski definition) is 6. The van der Waals surface area contributed by atoms with Gasteiger partial charge in [-0.05, 0) is 18.6 Å². The Hall–Kier alpha value is -3.06. The van der Waals surface area contributed by atoms with Crippen molar-refractivity contribution in [1.82, 2.24) is 19.8 Å². The van der Waals surface area contributed by atoms with Gasteiger partial charge in [0.15, 0.2) is 16.8 Å². The first-order chi connectivity index (χ1) is 12.8. The van der Waals surface area contributed by atoms with Crippen LogP contribution in [-0.2, 0) is 0 Å². The van der Waals surface area contributed by atoms with Crippen molar-refractivity contribution < 1.29 is 4.74 Å². The van der Waals surface area contributed by atoms with Gasteiger partial charge in [0.2, 0.25) is 4.96 Å². The summed E-state index contributed by atoms with van der Waals surface area (Å²) >= 11 is 1.32. The molecule has 2 aromatic carbocycles. The smallest absolute Gasteiger partial charge is 0.302 e. The SMILES string of the molecule is CC[C@@H](Oc1ccccc1)c1nn2c(=O)c(-c3ccccc3)nnc2s1. The molecule has 0 aliphatic rings. The molecule has 0 fully saturated rings. The highest BCUT2D eigenvalue weighted by Crippen LogP contribution is 2.27. The first-order valence-corrected chi connectivity index (χ1v) is 9.11. The average Bonchev–Trinajstić information content (AvgIpc) is 3.13. The van der Waals surface area contributed by atoms with Gasteiger partial charge in [0, 0.05) is 5.56 Å². The quantitative estimate of drug-likeness (QED) is 0.539. The van der Waals surface area contributed by atoms with E-state index in [0.717, 1.165) is 17.7 Å². The lowest BCUT2D eigenvalue weighted by Gasteiger charge is -2.14. The molecule has 0 aliphatic carbocycles. The molecule has 0 amide bonds. The predicted molar refractivity (Wildman–Crippen MR) is 100 cm³/mol. The van der Waals surface area contributed by atoms with Gasteiger partial charge in [0.25, 0.3) is 0 Å². The fraction of sp³-hybridized carbons (Fsp3) is 0.158. The maximum absolute atomic E-state index is 12.8. The molecule has 0 saturated heterocycles. The number of nitrogens with zero attached hydrogens (tertiary/aromatic N) is 4. The molecule has 0 spiro atoms. The van der Waals surface area contributed by atoms with Gasteiger partial charge in [-0.1, -0.05) is 66.8 Å². The number of rotatable bonds is 5. The molecule has 2 heterocycles. The van der Waals surface area contributed by atoms with Crippen LogP contribution >= 0.6 is 11.3 Å². The van der Waals surface area contributed by atoms with E-state index in [2.05, 4.69) is 15.3 Å². The van der Waals surface area contributed by atoms with E-state index < -0.39 is 0 Å². The summed E-state index contributed by atoms with van der Waals surface area (Å²) in [5.41, 5.74) is 0.733. The minimum atomic E-state index is -0.279. The van der Waals surface area contributed by atoms with Crippen molar-refractivity contribution in [2.75, 3.05) is 0 Å². The van der Waals surface area contributed by atoms with Crippen molar-refractivity contribution in [3.05, 3.63) is 76.0 Å². The Balaban J connectivity index is 1.73. The van der Waals surface area contributed by atoms with Crippen LogP contribution in [0.3, 0.4) is 0 Å². The van der Waals surface area contributed by atoms with E-state index in [9.17, 15) is 4.79 Å². The molecule has 0 unspecified atom stereocenters. The summed E-state index contributed by atoms with van der Waals surface area (Å²) in [7, 11) is 0. The Morgan fingerprint density at radius 3 is 2.42 bits per heavy atom. The zero-order valence-corrected chi connectivity index (χ0v) is 14.9. The van der Waals surface area contributed by atoms with E-state index in [1.807, 2.05) is 67.6 Å². The molecule has 7 heteroatoms. The Bertz CT molecular complexity index is 1080. The molecule has 4 rings (SSSR count). The fourth-order valence-corrected chi connectivity index (χ4v) is 3.56. The zero-order valence-electron chi connectivity index (χ0n) is 14.1. The van der Waals surface area contributed by atoms with Crippen molar-refractivity contribution in [3.8, 4) is 17.0 Å². The van der Waals surface area contributed by atoms with Crippen LogP contribution in [0.4, 0.5) is 0 Å². The minimum absolute atomic E-state index is 0.247. The van der Waals surface area contributed by atoms with Crippen molar-refractivity contribution >= 4 is 16.3 Å². The van der Waals surface area contributed by atoms with Crippen LogP contribution in [-0.4, -0.2) is 19.8 Å². The molecule has 6 nitrogen and oxygen atoms in total. The summed E-state index contributed by atoms with van der Waals surface area (Å²) < 4.78 is 7.33. The second-order valence-corrected chi connectivity index (χ2v) is 6.67. The Kier molecular flexibility index (Phi) is 4.45. The Morgan fingerprint density at radius 2 is 1.73 bits per heavy atom. The van der Waals surface area contributed by atoms with Crippen LogP contribution in [0.1, 0.15) is 24.5 Å². The summed E-state index contributed by atoms with van der Waals surface area (Å²) in [6, 6.07) is 18.8. The van der Waals surface area contributed by atoms with E-state index in [-0.39, 0.29) is 17.4 Å². The number of aromatic nitrogens is 4. The van der Waals surface area contributed by atoms with E-state index >= 15 is 0 Å². The number of hydrogen-bond donors (Lipinski definition) is 0. The molecule has 0 aliphatic heterocycles. The number of ether oxygens (including phenoxy) is 1. The molecule has 130 valence electrons. The summed E-state index contributed by atoms with van der Waals surface area (Å²) in [6.45, 7) is 2.02. The highest BCUT2D eigenvalue weighted by atomic mass is 32.1. The van der Waals surface area contributed by atoms with Gasteiger partial charge < -0.3 is 4.74 Å². The molecular weight excluding hydrogens is 348 g/mol. The highest BCUT2D eigenvalue weighted by Gasteiger charge is 2.20. The Labute approximate surface area is 153 Å². The molecule has 26 heavy (non-hydrogen) atoms.